The standard InChI is InChI=1S/C19H21BrN4O2/c1-11(2)18(12-6-4-3-5-7-12)21-10-17(25)22-14-9-16-15(8-13(14)20)23-19(26)24-16/h3-9,11,18,21H,10H2,1-2H3,(H,22,25)(H2,23,24,26)/p+1/t18-/m0/s1. The highest BCUT2D eigenvalue weighted by atomic mass is 79.9. The second kappa shape index (κ2) is 7.88. The summed E-state index contributed by atoms with van der Waals surface area (Å²) in [7, 11) is 0. The van der Waals surface area contributed by atoms with E-state index in [2.05, 4.69) is 62.5 Å². The molecule has 3 aromatic rings. The number of amides is 1. The van der Waals surface area contributed by atoms with Crippen molar-refractivity contribution in [3.63, 3.8) is 0 Å². The molecule has 0 aliphatic rings. The maximum atomic E-state index is 12.4. The van der Waals surface area contributed by atoms with E-state index < -0.39 is 0 Å². The number of carbonyl (C=O) groups excluding carboxylic acids is 1. The lowest BCUT2D eigenvalue weighted by Gasteiger charge is -2.19. The van der Waals surface area contributed by atoms with Crippen molar-refractivity contribution in [2.24, 2.45) is 5.92 Å². The van der Waals surface area contributed by atoms with Crippen molar-refractivity contribution in [1.29, 1.82) is 0 Å². The Morgan fingerprint density at radius 1 is 1.15 bits per heavy atom. The number of quaternary nitrogens is 1. The van der Waals surface area contributed by atoms with Gasteiger partial charge in [0.05, 0.1) is 16.7 Å². The Kier molecular flexibility index (Phi) is 5.58. The number of aromatic nitrogens is 2. The lowest BCUT2D eigenvalue weighted by atomic mass is 9.96. The Balaban J connectivity index is 1.68. The average molecular weight is 418 g/mol. The molecule has 5 N–H and O–H groups in total. The Hall–Kier alpha value is -2.38. The topological polar surface area (TPSA) is 94.4 Å². The SMILES string of the molecule is CC(C)[C@H]([NH2+]CC(=O)Nc1cc2[nH]c(=O)[nH]c2cc1Br)c1ccccc1. The van der Waals surface area contributed by atoms with Crippen LogP contribution in [0, 0.1) is 5.92 Å². The van der Waals surface area contributed by atoms with E-state index in [9.17, 15) is 9.59 Å². The minimum absolute atomic E-state index is 0.0930. The van der Waals surface area contributed by atoms with E-state index >= 15 is 0 Å². The predicted octanol–water partition coefficient (Wildman–Crippen LogP) is 2.52. The van der Waals surface area contributed by atoms with Gasteiger partial charge in [-0.05, 0) is 28.1 Å². The summed E-state index contributed by atoms with van der Waals surface area (Å²) in [5.74, 6) is 0.308. The quantitative estimate of drug-likeness (QED) is 0.495. The van der Waals surface area contributed by atoms with Crippen LogP contribution in [0.15, 0.2) is 51.7 Å². The van der Waals surface area contributed by atoms with Gasteiger partial charge in [0.2, 0.25) is 0 Å². The molecule has 1 atom stereocenters. The number of nitrogens with two attached hydrogens (primary N) is 1. The van der Waals surface area contributed by atoms with E-state index in [1.54, 1.807) is 12.1 Å². The summed E-state index contributed by atoms with van der Waals surface area (Å²) in [6, 6.07) is 13.9. The molecule has 7 heteroatoms. The number of H-pyrrole nitrogens is 2. The molecule has 0 radical (unpaired) electrons. The summed E-state index contributed by atoms with van der Waals surface area (Å²) in [4.78, 5) is 29.2. The highest BCUT2D eigenvalue weighted by Crippen LogP contribution is 2.26. The van der Waals surface area contributed by atoms with Crippen LogP contribution in [0.2, 0.25) is 0 Å². The molecular formula is C19H22BrN4O2+. The molecule has 1 aromatic heterocycles. The zero-order chi connectivity index (χ0) is 18.7. The Morgan fingerprint density at radius 3 is 2.46 bits per heavy atom. The zero-order valence-electron chi connectivity index (χ0n) is 14.7. The molecule has 26 heavy (non-hydrogen) atoms. The van der Waals surface area contributed by atoms with Crippen LogP contribution in [0.4, 0.5) is 5.69 Å². The van der Waals surface area contributed by atoms with Gasteiger partial charge in [-0.15, -0.1) is 0 Å². The van der Waals surface area contributed by atoms with E-state index in [4.69, 9.17) is 0 Å². The Morgan fingerprint density at radius 2 is 1.81 bits per heavy atom. The molecule has 1 amide bonds. The fourth-order valence-electron chi connectivity index (χ4n) is 3.06. The monoisotopic (exact) mass is 417 g/mol. The molecule has 0 spiro atoms. The van der Waals surface area contributed by atoms with Crippen molar-refractivity contribution in [2.45, 2.75) is 19.9 Å². The number of nitrogens with one attached hydrogen (secondary N) is 3. The van der Waals surface area contributed by atoms with Gasteiger partial charge < -0.3 is 20.6 Å². The zero-order valence-corrected chi connectivity index (χ0v) is 16.3. The van der Waals surface area contributed by atoms with E-state index in [0.29, 0.717) is 29.2 Å². The lowest BCUT2D eigenvalue weighted by Crippen LogP contribution is -2.88. The van der Waals surface area contributed by atoms with Crippen molar-refractivity contribution in [3.05, 3.63) is 63.0 Å². The fourth-order valence-corrected chi connectivity index (χ4v) is 3.50. The largest absolute Gasteiger partial charge is 0.332 e. The maximum Gasteiger partial charge on any atom is 0.323 e. The summed E-state index contributed by atoms with van der Waals surface area (Å²) < 4.78 is 0.720. The van der Waals surface area contributed by atoms with Gasteiger partial charge in [0, 0.05) is 16.0 Å². The highest BCUT2D eigenvalue weighted by Gasteiger charge is 2.20. The first-order chi connectivity index (χ1) is 12.4. The summed E-state index contributed by atoms with van der Waals surface area (Å²) in [5.41, 5.74) is 2.92. The number of carbonyl (C=O) groups is 1. The fraction of sp³-hybridized carbons (Fsp3) is 0.263. The number of benzene rings is 2. The van der Waals surface area contributed by atoms with Gasteiger partial charge in [-0.25, -0.2) is 4.79 Å². The molecule has 1 heterocycles. The number of rotatable bonds is 6. The maximum absolute atomic E-state index is 12.4. The predicted molar refractivity (Wildman–Crippen MR) is 106 cm³/mol. The molecule has 0 saturated heterocycles. The summed E-state index contributed by atoms with van der Waals surface area (Å²) in [5, 5.41) is 4.96. The van der Waals surface area contributed by atoms with Crippen LogP contribution >= 0.6 is 15.9 Å². The molecule has 0 saturated carbocycles. The smallest absolute Gasteiger partial charge is 0.323 e. The molecule has 0 aliphatic heterocycles. The van der Waals surface area contributed by atoms with Gasteiger partial charge in [-0.1, -0.05) is 44.2 Å². The highest BCUT2D eigenvalue weighted by molar-refractivity contribution is 9.10. The van der Waals surface area contributed by atoms with Crippen molar-refractivity contribution >= 4 is 38.6 Å². The second-order valence-electron chi connectivity index (χ2n) is 6.63. The number of hydrogen-bond acceptors (Lipinski definition) is 2. The van der Waals surface area contributed by atoms with Crippen LogP contribution in [0.5, 0.6) is 0 Å². The van der Waals surface area contributed by atoms with E-state index in [0.717, 1.165) is 4.47 Å². The molecule has 2 aromatic carbocycles. The van der Waals surface area contributed by atoms with Crippen molar-refractivity contribution in [3.8, 4) is 0 Å². The van der Waals surface area contributed by atoms with Gasteiger partial charge in [0.1, 0.15) is 6.04 Å². The van der Waals surface area contributed by atoms with Crippen molar-refractivity contribution in [1.82, 2.24) is 9.97 Å². The lowest BCUT2D eigenvalue weighted by molar-refractivity contribution is -0.692. The number of halogens is 1. The first-order valence-corrected chi connectivity index (χ1v) is 9.33. The molecule has 136 valence electrons. The summed E-state index contributed by atoms with van der Waals surface area (Å²) in [6.45, 7) is 4.61. The van der Waals surface area contributed by atoms with Crippen LogP contribution < -0.4 is 16.3 Å². The van der Waals surface area contributed by atoms with Gasteiger partial charge in [0.25, 0.3) is 5.91 Å². The first-order valence-electron chi connectivity index (χ1n) is 8.53. The van der Waals surface area contributed by atoms with Crippen molar-refractivity contribution in [2.75, 3.05) is 11.9 Å². The Labute approximate surface area is 159 Å². The normalized spacial score (nSPS) is 12.5. The molecule has 0 unspecified atom stereocenters. The first kappa shape index (κ1) is 18.4. The molecule has 0 bridgehead atoms. The molecule has 6 nitrogen and oxygen atoms in total. The van der Waals surface area contributed by atoms with Crippen molar-refractivity contribution < 1.29 is 10.1 Å². The number of imidazole rings is 1. The summed E-state index contributed by atoms with van der Waals surface area (Å²) in [6.07, 6.45) is 0. The van der Waals surface area contributed by atoms with E-state index in [-0.39, 0.29) is 17.6 Å². The number of fused-ring (bicyclic) bond motifs is 1. The Bertz CT molecular complexity index is 963. The third-order valence-electron chi connectivity index (χ3n) is 4.34. The third kappa shape index (κ3) is 4.23. The minimum Gasteiger partial charge on any atom is -0.332 e. The van der Waals surface area contributed by atoms with Crippen LogP contribution in [-0.2, 0) is 4.79 Å². The van der Waals surface area contributed by atoms with E-state index in [1.165, 1.54) is 5.56 Å². The second-order valence-corrected chi connectivity index (χ2v) is 7.48. The molecular weight excluding hydrogens is 396 g/mol. The average Bonchev–Trinajstić information content (AvgIpc) is 2.95. The third-order valence-corrected chi connectivity index (χ3v) is 4.99. The van der Waals surface area contributed by atoms with Crippen LogP contribution in [0.1, 0.15) is 25.5 Å². The number of hydrogen-bond donors (Lipinski definition) is 4. The van der Waals surface area contributed by atoms with Gasteiger partial charge in [-0.2, -0.15) is 0 Å². The van der Waals surface area contributed by atoms with Gasteiger partial charge >= 0.3 is 5.69 Å². The number of anilines is 1. The van der Waals surface area contributed by atoms with Crippen LogP contribution in [0.3, 0.4) is 0 Å². The summed E-state index contributed by atoms with van der Waals surface area (Å²) >= 11 is 3.43. The van der Waals surface area contributed by atoms with Gasteiger partial charge in [-0.3, -0.25) is 4.79 Å². The van der Waals surface area contributed by atoms with Gasteiger partial charge in [0.15, 0.2) is 6.54 Å². The molecule has 0 fully saturated rings. The minimum atomic E-state index is -0.272. The van der Waals surface area contributed by atoms with Crippen LogP contribution in [0.25, 0.3) is 11.0 Å². The number of aromatic amines is 2. The molecule has 0 aliphatic carbocycles. The van der Waals surface area contributed by atoms with E-state index in [1.807, 2.05) is 18.2 Å². The molecule has 3 rings (SSSR count). The van der Waals surface area contributed by atoms with Crippen LogP contribution in [-0.4, -0.2) is 22.4 Å².